The van der Waals surface area contributed by atoms with Gasteiger partial charge < -0.3 is 0 Å². The van der Waals surface area contributed by atoms with E-state index in [0.29, 0.717) is 11.4 Å². The molecule has 1 heterocycles. The number of halogens is 4. The predicted octanol–water partition coefficient (Wildman–Crippen LogP) is 4.52. The minimum absolute atomic E-state index is 0.218. The van der Waals surface area contributed by atoms with Gasteiger partial charge in [0.1, 0.15) is 0 Å². The Morgan fingerprint density at radius 1 is 0.966 bits per heavy atom. The van der Waals surface area contributed by atoms with E-state index in [2.05, 4.69) is 9.97 Å². The van der Waals surface area contributed by atoms with Gasteiger partial charge in [-0.25, -0.2) is 27.5 Å². The number of benzene rings is 2. The zero-order valence-corrected chi connectivity index (χ0v) is 15.9. The summed E-state index contributed by atoms with van der Waals surface area (Å²) in [6, 6.07) is 9.30. The maximum atomic E-state index is 14.1. The summed E-state index contributed by atoms with van der Waals surface area (Å²) < 4.78 is 54.7. The summed E-state index contributed by atoms with van der Waals surface area (Å²) in [5.74, 6) is -7.40. The Morgan fingerprint density at radius 2 is 1.59 bits per heavy atom. The van der Waals surface area contributed by atoms with Crippen LogP contribution in [0.1, 0.15) is 16.8 Å². The lowest BCUT2D eigenvalue weighted by Crippen LogP contribution is -2.30. The Balaban J connectivity index is 1.88. The highest BCUT2D eigenvalue weighted by Crippen LogP contribution is 2.26. The summed E-state index contributed by atoms with van der Waals surface area (Å²) in [6.07, 6.45) is 0.828. The van der Waals surface area contributed by atoms with Gasteiger partial charge in [0.05, 0.1) is 24.0 Å². The molecule has 0 aliphatic rings. The standard InChI is InChI=1S/C21H17F4N3O/c1-11-14(18(23)20(25)19(24)17(11)22)9-16(29)28(3)21-12(2)27-15(10-26-21)13-7-5-4-6-8-13/h4-8,10H,9H2,1-3H3. The molecular weight excluding hydrogens is 386 g/mol. The Morgan fingerprint density at radius 3 is 2.21 bits per heavy atom. The Labute approximate surface area is 164 Å². The second-order valence-corrected chi connectivity index (χ2v) is 6.52. The molecule has 0 atom stereocenters. The molecule has 0 radical (unpaired) electrons. The molecule has 0 unspecified atom stereocenters. The van der Waals surface area contributed by atoms with Crippen LogP contribution in [0, 0.1) is 37.1 Å². The van der Waals surface area contributed by atoms with Gasteiger partial charge in [0, 0.05) is 18.2 Å². The van der Waals surface area contributed by atoms with Gasteiger partial charge in [-0.2, -0.15) is 0 Å². The molecule has 1 aromatic heterocycles. The molecule has 29 heavy (non-hydrogen) atoms. The van der Waals surface area contributed by atoms with Crippen LogP contribution in [0.5, 0.6) is 0 Å². The topological polar surface area (TPSA) is 46.1 Å². The van der Waals surface area contributed by atoms with Crippen molar-refractivity contribution in [1.82, 2.24) is 9.97 Å². The van der Waals surface area contributed by atoms with Gasteiger partial charge in [-0.3, -0.25) is 9.69 Å². The van der Waals surface area contributed by atoms with Crippen LogP contribution in [0.15, 0.2) is 36.5 Å². The van der Waals surface area contributed by atoms with Crippen LogP contribution in [0.25, 0.3) is 11.3 Å². The third-order valence-corrected chi connectivity index (χ3v) is 4.64. The number of hydrogen-bond acceptors (Lipinski definition) is 3. The summed E-state index contributed by atoms with van der Waals surface area (Å²) in [5, 5.41) is 0. The average Bonchev–Trinajstić information content (AvgIpc) is 2.73. The summed E-state index contributed by atoms with van der Waals surface area (Å²) in [4.78, 5) is 22.4. The lowest BCUT2D eigenvalue weighted by atomic mass is 10.0. The Kier molecular flexibility index (Phi) is 5.63. The number of rotatable bonds is 4. The van der Waals surface area contributed by atoms with E-state index >= 15 is 0 Å². The van der Waals surface area contributed by atoms with Crippen molar-refractivity contribution >= 4 is 11.7 Å². The van der Waals surface area contributed by atoms with Gasteiger partial charge >= 0.3 is 0 Å². The maximum absolute atomic E-state index is 14.1. The number of amides is 1. The monoisotopic (exact) mass is 403 g/mol. The van der Waals surface area contributed by atoms with E-state index in [0.717, 1.165) is 17.4 Å². The molecule has 150 valence electrons. The number of aromatic nitrogens is 2. The van der Waals surface area contributed by atoms with Crippen LogP contribution in [0.4, 0.5) is 23.4 Å². The van der Waals surface area contributed by atoms with Crippen molar-refractivity contribution in [3.8, 4) is 11.3 Å². The number of hydrogen-bond donors (Lipinski definition) is 0. The molecule has 0 N–H and O–H groups in total. The molecule has 0 spiro atoms. The lowest BCUT2D eigenvalue weighted by molar-refractivity contribution is -0.117. The molecule has 4 nitrogen and oxygen atoms in total. The highest BCUT2D eigenvalue weighted by atomic mass is 19.2. The van der Waals surface area contributed by atoms with E-state index in [1.807, 2.05) is 30.3 Å². The van der Waals surface area contributed by atoms with Crippen molar-refractivity contribution in [2.75, 3.05) is 11.9 Å². The maximum Gasteiger partial charge on any atom is 0.232 e. The first-order valence-corrected chi connectivity index (χ1v) is 8.69. The van der Waals surface area contributed by atoms with Crippen molar-refractivity contribution in [3.63, 3.8) is 0 Å². The molecule has 0 saturated carbocycles. The summed E-state index contributed by atoms with van der Waals surface area (Å²) in [5.41, 5.74) is 0.905. The van der Waals surface area contributed by atoms with E-state index < -0.39 is 46.7 Å². The minimum atomic E-state index is -1.94. The van der Waals surface area contributed by atoms with Crippen LogP contribution in [-0.4, -0.2) is 22.9 Å². The molecule has 1 amide bonds. The number of anilines is 1. The molecular formula is C21H17F4N3O. The van der Waals surface area contributed by atoms with Gasteiger partial charge in [-0.15, -0.1) is 0 Å². The molecule has 3 aromatic rings. The number of aryl methyl sites for hydroxylation is 1. The van der Waals surface area contributed by atoms with Gasteiger partial charge in [0.2, 0.25) is 5.91 Å². The SMILES string of the molecule is Cc1nc(-c2ccccc2)cnc1N(C)C(=O)Cc1c(C)c(F)c(F)c(F)c1F. The van der Waals surface area contributed by atoms with Crippen molar-refractivity contribution in [1.29, 1.82) is 0 Å². The summed E-state index contributed by atoms with van der Waals surface area (Å²) in [6.45, 7) is 2.74. The van der Waals surface area contributed by atoms with Crippen molar-refractivity contribution < 1.29 is 22.4 Å². The van der Waals surface area contributed by atoms with Crippen molar-refractivity contribution in [2.45, 2.75) is 20.3 Å². The quantitative estimate of drug-likeness (QED) is 0.366. The first kappa shape index (κ1) is 20.4. The predicted molar refractivity (Wildman–Crippen MR) is 100 cm³/mol. The number of carbonyl (C=O) groups is 1. The van der Waals surface area contributed by atoms with Crippen LogP contribution in [0.2, 0.25) is 0 Å². The fourth-order valence-electron chi connectivity index (χ4n) is 2.94. The zero-order valence-electron chi connectivity index (χ0n) is 15.9. The minimum Gasteiger partial charge on any atom is -0.298 e. The van der Waals surface area contributed by atoms with Crippen molar-refractivity contribution in [3.05, 3.63) is 76.6 Å². The van der Waals surface area contributed by atoms with Gasteiger partial charge in [0.15, 0.2) is 29.1 Å². The van der Waals surface area contributed by atoms with E-state index in [1.165, 1.54) is 13.2 Å². The third-order valence-electron chi connectivity index (χ3n) is 4.64. The van der Waals surface area contributed by atoms with E-state index in [-0.39, 0.29) is 5.82 Å². The number of carbonyl (C=O) groups excluding carboxylic acids is 1. The molecule has 0 saturated heterocycles. The second kappa shape index (κ2) is 7.98. The summed E-state index contributed by atoms with van der Waals surface area (Å²) in [7, 11) is 1.39. The van der Waals surface area contributed by atoms with E-state index in [1.54, 1.807) is 6.92 Å². The molecule has 0 aliphatic heterocycles. The van der Waals surface area contributed by atoms with Crippen LogP contribution in [0.3, 0.4) is 0 Å². The highest BCUT2D eigenvalue weighted by molar-refractivity contribution is 5.94. The van der Waals surface area contributed by atoms with E-state index in [4.69, 9.17) is 0 Å². The number of likely N-dealkylation sites (N-methyl/N-ethyl adjacent to an activating group) is 1. The third kappa shape index (κ3) is 3.83. The highest BCUT2D eigenvalue weighted by Gasteiger charge is 2.26. The zero-order chi connectivity index (χ0) is 21.3. The largest absolute Gasteiger partial charge is 0.298 e. The van der Waals surface area contributed by atoms with Gasteiger partial charge in [0.25, 0.3) is 0 Å². The second-order valence-electron chi connectivity index (χ2n) is 6.52. The number of nitrogens with zero attached hydrogens (tertiary/aromatic N) is 3. The molecule has 0 aliphatic carbocycles. The molecule has 0 bridgehead atoms. The molecule has 8 heteroatoms. The fourth-order valence-corrected chi connectivity index (χ4v) is 2.94. The Bertz CT molecular complexity index is 1060. The van der Waals surface area contributed by atoms with E-state index in [9.17, 15) is 22.4 Å². The molecule has 2 aromatic carbocycles. The fraction of sp³-hybridized carbons (Fsp3) is 0.190. The van der Waals surface area contributed by atoms with Gasteiger partial charge in [-0.05, 0) is 19.4 Å². The molecule has 3 rings (SSSR count). The average molecular weight is 403 g/mol. The summed E-state index contributed by atoms with van der Waals surface area (Å²) >= 11 is 0. The normalized spacial score (nSPS) is 10.9. The van der Waals surface area contributed by atoms with Crippen LogP contribution < -0.4 is 4.90 Å². The Hall–Kier alpha value is -3.29. The van der Waals surface area contributed by atoms with Crippen molar-refractivity contribution in [2.24, 2.45) is 0 Å². The first-order chi connectivity index (χ1) is 13.7. The molecule has 0 fully saturated rings. The smallest absolute Gasteiger partial charge is 0.232 e. The van der Waals surface area contributed by atoms with Crippen LogP contribution in [-0.2, 0) is 11.2 Å². The van der Waals surface area contributed by atoms with Gasteiger partial charge in [-0.1, -0.05) is 30.3 Å². The van der Waals surface area contributed by atoms with Crippen LogP contribution >= 0.6 is 0 Å². The first-order valence-electron chi connectivity index (χ1n) is 8.69. The lowest BCUT2D eigenvalue weighted by Gasteiger charge is -2.19.